The van der Waals surface area contributed by atoms with Gasteiger partial charge in [-0.25, -0.2) is 0 Å². The Morgan fingerprint density at radius 3 is 2.40 bits per heavy atom. The second kappa shape index (κ2) is 14.7. The Morgan fingerprint density at radius 2 is 1.72 bits per heavy atom. The predicted octanol–water partition coefficient (Wildman–Crippen LogP) is 9.39. The molecule has 1 N–H and O–H groups in total. The average Bonchev–Trinajstić information content (AvgIpc) is 3.58. The highest BCUT2D eigenvalue weighted by Gasteiger charge is 2.89. The van der Waals surface area contributed by atoms with E-state index in [0.29, 0.717) is 18.4 Å². The lowest BCUT2D eigenvalue weighted by Gasteiger charge is -2.64. The van der Waals surface area contributed by atoms with Crippen LogP contribution in [0.15, 0.2) is 89.0 Å². The molecule has 11 heteroatoms. The maximum atomic E-state index is 14.3. The molecule has 0 bridgehead atoms. The molecule has 1 spiro atoms. The molecule has 1 saturated heterocycles. The fourth-order valence-corrected chi connectivity index (χ4v) is 12.6. The summed E-state index contributed by atoms with van der Waals surface area (Å²) in [6, 6.07) is 17.0. The first-order chi connectivity index (χ1) is 26.9. The molecule has 0 amide bonds. The molecule has 3 aromatic rings. The molecule has 4 aliphatic carbocycles. The van der Waals surface area contributed by atoms with E-state index in [1.54, 1.807) is 38.5 Å². The third kappa shape index (κ3) is 6.04. The SMILES string of the molecule is CC(=O)OC1CC2(C)C(c3ccoc3)CC3OC32C2(C)C(=O)C(O)=C3C(C)(C)C(=O)C=CC3(C)C12.CN(C)CCCN1c2ccccc2CCc2ccc(Cl)cc21.Cl. The summed E-state index contributed by atoms with van der Waals surface area (Å²) in [4.78, 5) is 44.3. The van der Waals surface area contributed by atoms with Crippen LogP contribution in [0.3, 0.4) is 0 Å². The molecule has 3 fully saturated rings. The van der Waals surface area contributed by atoms with Gasteiger partial charge in [-0.1, -0.05) is 55.8 Å². The van der Waals surface area contributed by atoms with Crippen LogP contribution in [0, 0.1) is 27.6 Å². The summed E-state index contributed by atoms with van der Waals surface area (Å²) in [6.45, 7) is 12.9. The number of rotatable bonds is 6. The zero-order valence-corrected chi connectivity index (χ0v) is 36.3. The fraction of sp³-hybridized carbons (Fsp3) is 0.511. The number of aryl methyl sites for hydroxylation is 2. The van der Waals surface area contributed by atoms with E-state index in [4.69, 9.17) is 25.5 Å². The number of epoxide rings is 1. The fourth-order valence-electron chi connectivity index (χ4n) is 12.4. The first-order valence-corrected chi connectivity index (χ1v) is 20.7. The molecule has 8 unspecified atom stereocenters. The maximum Gasteiger partial charge on any atom is 0.302 e. The van der Waals surface area contributed by atoms with Crippen LogP contribution in [0.2, 0.25) is 5.02 Å². The number of fused-ring (bicyclic) bond motifs is 5. The monoisotopic (exact) mass is 830 g/mol. The van der Waals surface area contributed by atoms with E-state index in [0.717, 1.165) is 42.9 Å². The highest BCUT2D eigenvalue weighted by atomic mass is 35.5. The molecule has 2 aliphatic heterocycles. The smallest absolute Gasteiger partial charge is 0.302 e. The van der Waals surface area contributed by atoms with Crippen LogP contribution in [0.1, 0.15) is 83.4 Å². The Kier molecular flexibility index (Phi) is 10.7. The molecule has 58 heavy (non-hydrogen) atoms. The van der Waals surface area contributed by atoms with Crippen molar-refractivity contribution in [3.8, 4) is 0 Å². The van der Waals surface area contributed by atoms with E-state index in [1.165, 1.54) is 29.4 Å². The number of hydrogen-bond acceptors (Lipinski definition) is 9. The predicted molar refractivity (Wildman–Crippen MR) is 227 cm³/mol. The summed E-state index contributed by atoms with van der Waals surface area (Å²) in [5.74, 6) is -1.84. The molecule has 0 radical (unpaired) electrons. The number of Topliss-reactive ketones (excluding diaryl/α,β-unsaturated/α-hetero) is 1. The summed E-state index contributed by atoms with van der Waals surface area (Å²) in [7, 11) is 4.25. The molecule has 2 aromatic carbocycles. The van der Waals surface area contributed by atoms with Crippen molar-refractivity contribution in [1.29, 1.82) is 0 Å². The number of allylic oxidation sites excluding steroid dienone is 4. The van der Waals surface area contributed by atoms with E-state index in [2.05, 4.69) is 67.2 Å². The van der Waals surface area contributed by atoms with E-state index < -0.39 is 51.0 Å². The Hall–Kier alpha value is -3.89. The van der Waals surface area contributed by atoms with Gasteiger partial charge in [-0.2, -0.15) is 0 Å². The molecule has 1 aromatic heterocycles. The van der Waals surface area contributed by atoms with Gasteiger partial charge in [0.2, 0.25) is 5.78 Å². The lowest BCUT2D eigenvalue weighted by atomic mass is 9.38. The van der Waals surface area contributed by atoms with Crippen molar-refractivity contribution in [2.45, 2.75) is 97.4 Å². The van der Waals surface area contributed by atoms with Gasteiger partial charge in [0, 0.05) is 46.6 Å². The normalized spacial score (nSPS) is 33.6. The number of halogens is 2. The number of carbonyl (C=O) groups is 3. The van der Waals surface area contributed by atoms with Crippen LogP contribution in [0.25, 0.3) is 0 Å². The summed E-state index contributed by atoms with van der Waals surface area (Å²) in [5.41, 5.74) is 2.38. The van der Waals surface area contributed by atoms with Crippen molar-refractivity contribution < 1.29 is 33.4 Å². The highest BCUT2D eigenvalue weighted by molar-refractivity contribution is 6.31. The number of para-hydroxylation sites is 1. The molecule has 2 saturated carbocycles. The Labute approximate surface area is 353 Å². The minimum Gasteiger partial charge on any atom is -0.504 e. The standard InChI is InChI=1S/C28H32O7.C19H23ClN2.ClH/c1-14(29)34-17-12-26(5)16(15-8-10-33-13-15)11-19-28(26,35-19)27(6)21(17)25(4)9-7-18(30)24(2,3)22(25)20(31)23(27)32;1-21(2)12-5-13-22-18-7-4-3-6-15(18)8-9-16-10-11-17(20)14-19(16)22;/h7-10,13,16-17,19,21,31H,11-12H2,1-6H3;3-4,6-7,10-11,14H,5,8-9,12-13H2,1-2H3;1H. The first-order valence-electron chi connectivity index (χ1n) is 20.3. The van der Waals surface area contributed by atoms with E-state index in [1.807, 2.05) is 26.0 Å². The molecule has 9 nitrogen and oxygen atoms in total. The zero-order chi connectivity index (χ0) is 40.9. The number of furan rings is 1. The summed E-state index contributed by atoms with van der Waals surface area (Å²) in [6.07, 6.45) is 10.5. The van der Waals surface area contributed by atoms with Crippen molar-refractivity contribution in [3.63, 3.8) is 0 Å². The number of anilines is 2. The van der Waals surface area contributed by atoms with Gasteiger partial charge < -0.3 is 28.8 Å². The van der Waals surface area contributed by atoms with Gasteiger partial charge in [0.15, 0.2) is 11.5 Å². The lowest BCUT2D eigenvalue weighted by Crippen LogP contribution is -2.70. The molecule has 8 atom stereocenters. The molecule has 3 heterocycles. The largest absolute Gasteiger partial charge is 0.504 e. The maximum absolute atomic E-state index is 14.3. The molecule has 6 aliphatic rings. The quantitative estimate of drug-likeness (QED) is 0.192. The van der Waals surface area contributed by atoms with E-state index in [-0.39, 0.29) is 36.0 Å². The van der Waals surface area contributed by atoms with Gasteiger partial charge in [-0.05, 0) is 132 Å². The highest BCUT2D eigenvalue weighted by Crippen LogP contribution is 2.81. The van der Waals surface area contributed by atoms with Crippen LogP contribution in [0.4, 0.5) is 11.4 Å². The molecular weight excluding hydrogens is 775 g/mol. The summed E-state index contributed by atoms with van der Waals surface area (Å²) >= 11 is 6.27. The van der Waals surface area contributed by atoms with Crippen molar-refractivity contribution in [3.05, 3.63) is 106 Å². The van der Waals surface area contributed by atoms with Gasteiger partial charge in [0.25, 0.3) is 0 Å². The lowest BCUT2D eigenvalue weighted by molar-refractivity contribution is -0.200. The van der Waals surface area contributed by atoms with Gasteiger partial charge in [0.1, 0.15) is 11.7 Å². The summed E-state index contributed by atoms with van der Waals surface area (Å²) < 4.78 is 17.9. The number of nitrogens with zero attached hydrogens (tertiary/aromatic N) is 2. The topological polar surface area (TPSA) is 113 Å². The van der Waals surface area contributed by atoms with Gasteiger partial charge in [-0.3, -0.25) is 14.4 Å². The van der Waals surface area contributed by atoms with Crippen LogP contribution in [0.5, 0.6) is 0 Å². The zero-order valence-electron chi connectivity index (χ0n) is 34.8. The average molecular weight is 832 g/mol. The number of benzene rings is 2. The minimum absolute atomic E-state index is 0. The first kappa shape index (κ1) is 42.2. The Balaban J connectivity index is 0.000000192. The number of carbonyl (C=O) groups excluding carboxylic acids is 3. The number of aliphatic hydroxyl groups is 1. The Morgan fingerprint density at radius 1 is 1.02 bits per heavy atom. The summed E-state index contributed by atoms with van der Waals surface area (Å²) in [5, 5.41) is 12.3. The van der Waals surface area contributed by atoms with Gasteiger partial charge >= 0.3 is 5.97 Å². The second-order valence-corrected chi connectivity index (χ2v) is 18.9. The van der Waals surface area contributed by atoms with Crippen molar-refractivity contribution in [1.82, 2.24) is 4.90 Å². The Bertz CT molecular complexity index is 2200. The second-order valence-electron chi connectivity index (χ2n) is 18.5. The van der Waals surface area contributed by atoms with Crippen LogP contribution in [-0.4, -0.2) is 72.5 Å². The number of aliphatic hydroxyl groups excluding tert-OH is 1. The third-order valence-electron chi connectivity index (χ3n) is 14.6. The van der Waals surface area contributed by atoms with Gasteiger partial charge in [0.05, 0.1) is 29.5 Å². The van der Waals surface area contributed by atoms with Crippen LogP contribution < -0.4 is 4.90 Å². The van der Waals surface area contributed by atoms with Crippen LogP contribution >= 0.6 is 24.0 Å². The molecular formula is C47H56Cl2N2O7. The third-order valence-corrected chi connectivity index (χ3v) is 14.9. The number of hydrogen-bond donors (Lipinski definition) is 1. The number of ether oxygens (including phenoxy) is 2. The van der Waals surface area contributed by atoms with Crippen LogP contribution in [-0.2, 0) is 36.7 Å². The molecule has 310 valence electrons. The van der Waals surface area contributed by atoms with Crippen molar-refractivity contribution in [2.75, 3.05) is 32.1 Å². The van der Waals surface area contributed by atoms with Crippen molar-refractivity contribution >= 4 is 52.9 Å². The van der Waals surface area contributed by atoms with E-state index in [9.17, 15) is 19.5 Å². The van der Waals surface area contributed by atoms with E-state index >= 15 is 0 Å². The number of ketones is 2. The van der Waals surface area contributed by atoms with Crippen molar-refractivity contribution in [2.24, 2.45) is 27.6 Å². The van der Waals surface area contributed by atoms with Gasteiger partial charge in [-0.15, -0.1) is 12.4 Å². The molecule has 9 rings (SSSR count). The number of esters is 1. The minimum atomic E-state index is -1.17.